The summed E-state index contributed by atoms with van der Waals surface area (Å²) in [6, 6.07) is 20.9. The van der Waals surface area contributed by atoms with Crippen LogP contribution in [0.2, 0.25) is 0 Å². The molecule has 7 rings (SSSR count). The van der Waals surface area contributed by atoms with Crippen LogP contribution >= 0.6 is 0 Å². The van der Waals surface area contributed by atoms with Crippen LogP contribution in [0.5, 0.6) is 5.75 Å². The number of hydrogen-bond donors (Lipinski definition) is 2. The van der Waals surface area contributed by atoms with Crippen molar-refractivity contribution >= 4 is 34.6 Å². The molecule has 2 fully saturated rings. The Morgan fingerprint density at radius 2 is 1.92 bits per heavy atom. The van der Waals surface area contributed by atoms with Crippen molar-refractivity contribution in [2.75, 3.05) is 38.7 Å². The molecule has 3 aliphatic rings. The van der Waals surface area contributed by atoms with E-state index < -0.39 is 5.41 Å². The van der Waals surface area contributed by atoms with E-state index in [0.717, 1.165) is 84.0 Å². The van der Waals surface area contributed by atoms with E-state index in [4.69, 9.17) is 9.47 Å². The van der Waals surface area contributed by atoms with Crippen molar-refractivity contribution in [2.45, 2.75) is 24.3 Å². The van der Waals surface area contributed by atoms with Gasteiger partial charge >= 0.3 is 0 Å². The molecule has 1 amide bonds. The van der Waals surface area contributed by atoms with Gasteiger partial charge in [0.25, 0.3) is 0 Å². The summed E-state index contributed by atoms with van der Waals surface area (Å²) < 4.78 is 10.9. The Hall–Kier alpha value is -3.94. The van der Waals surface area contributed by atoms with Gasteiger partial charge in [-0.2, -0.15) is 5.10 Å². The summed E-state index contributed by atoms with van der Waals surface area (Å²) in [5.74, 6) is 0.992. The van der Waals surface area contributed by atoms with Crippen molar-refractivity contribution in [2.24, 2.45) is 0 Å². The third-order valence-corrected chi connectivity index (χ3v) is 8.26. The molecule has 7 heteroatoms. The number of aromatic nitrogens is 2. The zero-order valence-corrected chi connectivity index (χ0v) is 21.4. The minimum absolute atomic E-state index is 0.0787. The van der Waals surface area contributed by atoms with Gasteiger partial charge in [-0.05, 0) is 59.0 Å². The number of ether oxygens (including phenoxy) is 2. The normalized spacial score (nSPS) is 22.8. The zero-order valence-electron chi connectivity index (χ0n) is 21.4. The number of carbonyl (C=O) groups is 1. The fourth-order valence-electron chi connectivity index (χ4n) is 6.03. The van der Waals surface area contributed by atoms with E-state index in [-0.39, 0.29) is 11.8 Å². The number of morpholine rings is 1. The lowest BCUT2D eigenvalue weighted by atomic mass is 9.91. The van der Waals surface area contributed by atoms with Gasteiger partial charge in [0, 0.05) is 36.6 Å². The van der Waals surface area contributed by atoms with Crippen molar-refractivity contribution in [3.8, 4) is 5.75 Å². The molecule has 2 N–H and O–H groups in total. The summed E-state index contributed by atoms with van der Waals surface area (Å²) in [6.45, 7) is 4.59. The number of anilines is 1. The maximum absolute atomic E-state index is 13.0. The Morgan fingerprint density at radius 3 is 2.74 bits per heavy atom. The predicted molar refractivity (Wildman–Crippen MR) is 148 cm³/mol. The van der Waals surface area contributed by atoms with E-state index in [1.54, 1.807) is 7.11 Å². The first-order chi connectivity index (χ1) is 18.6. The van der Waals surface area contributed by atoms with Gasteiger partial charge in [0.1, 0.15) is 5.75 Å². The van der Waals surface area contributed by atoms with Gasteiger partial charge in [-0.1, -0.05) is 42.5 Å². The number of fused-ring (bicyclic) bond motifs is 3. The largest absolute Gasteiger partial charge is 0.497 e. The van der Waals surface area contributed by atoms with Crippen LogP contribution in [0.15, 0.2) is 60.7 Å². The lowest BCUT2D eigenvalue weighted by Crippen LogP contribution is -2.35. The highest BCUT2D eigenvalue weighted by Crippen LogP contribution is 2.65. The second-order valence-corrected chi connectivity index (χ2v) is 10.5. The van der Waals surface area contributed by atoms with E-state index in [1.165, 1.54) is 5.56 Å². The first-order valence-corrected chi connectivity index (χ1v) is 13.2. The van der Waals surface area contributed by atoms with Crippen LogP contribution in [0.3, 0.4) is 0 Å². The Morgan fingerprint density at radius 1 is 1.08 bits per heavy atom. The van der Waals surface area contributed by atoms with E-state index in [0.29, 0.717) is 0 Å². The quantitative estimate of drug-likeness (QED) is 0.387. The molecule has 0 radical (unpaired) electrons. The lowest BCUT2D eigenvalue weighted by molar-refractivity contribution is -0.118. The standard InChI is InChI=1S/C31H30N4O3/c1-37-23-8-11-28-25(17-23)31(30(36)32-28)18-26(31)22-7-9-24-27(33-34-29(24)16-22)10-6-20-2-4-21(5-3-20)19-35-12-14-38-15-13-35/h2-11,16-17,26H,12-15,18-19H2,1H3,(H,32,36)(H,33,34)/t26-,31-/m0/s1. The zero-order chi connectivity index (χ0) is 25.7. The molecule has 192 valence electrons. The number of H-pyrrole nitrogens is 1. The lowest BCUT2D eigenvalue weighted by Gasteiger charge is -2.26. The number of nitrogens with zero attached hydrogens (tertiary/aromatic N) is 2. The SMILES string of the molecule is COc1ccc2c(c1)[C@]1(C[C@H]1c1ccc3c(C=Cc4ccc(CN5CCOCC5)cc4)n[nH]c3c1)C(=O)N2. The smallest absolute Gasteiger partial charge is 0.235 e. The van der Waals surface area contributed by atoms with Crippen LogP contribution in [-0.4, -0.2) is 54.4 Å². The van der Waals surface area contributed by atoms with Gasteiger partial charge in [-0.3, -0.25) is 14.8 Å². The third kappa shape index (κ3) is 3.90. The molecule has 3 heterocycles. The molecule has 38 heavy (non-hydrogen) atoms. The van der Waals surface area contributed by atoms with Gasteiger partial charge < -0.3 is 14.8 Å². The number of hydrogen-bond acceptors (Lipinski definition) is 5. The highest BCUT2D eigenvalue weighted by atomic mass is 16.5. The van der Waals surface area contributed by atoms with Gasteiger partial charge in [0.05, 0.1) is 36.9 Å². The Bertz CT molecular complexity index is 1550. The number of benzene rings is 3. The number of carbonyl (C=O) groups excluding carboxylic acids is 1. The first kappa shape index (κ1) is 23.2. The van der Waals surface area contributed by atoms with E-state index >= 15 is 0 Å². The molecule has 1 saturated heterocycles. The molecule has 1 aromatic heterocycles. The Labute approximate surface area is 221 Å². The van der Waals surface area contributed by atoms with Gasteiger partial charge in [-0.15, -0.1) is 0 Å². The summed E-state index contributed by atoms with van der Waals surface area (Å²) in [4.78, 5) is 15.4. The van der Waals surface area contributed by atoms with Crippen LogP contribution in [0.25, 0.3) is 23.1 Å². The average Bonchev–Trinajstić information content (AvgIpc) is 3.50. The van der Waals surface area contributed by atoms with Crippen molar-refractivity contribution in [3.63, 3.8) is 0 Å². The molecule has 4 aromatic rings. The van der Waals surface area contributed by atoms with E-state index in [9.17, 15) is 4.79 Å². The maximum atomic E-state index is 13.0. The van der Waals surface area contributed by atoms with Crippen molar-refractivity contribution in [3.05, 3.63) is 88.6 Å². The fraction of sp³-hybridized carbons (Fsp3) is 0.290. The van der Waals surface area contributed by atoms with E-state index in [1.807, 2.05) is 18.2 Å². The summed E-state index contributed by atoms with van der Waals surface area (Å²) in [6.07, 6.45) is 4.96. The molecule has 1 aliphatic carbocycles. The molecule has 0 bridgehead atoms. The van der Waals surface area contributed by atoms with Gasteiger partial charge in [0.15, 0.2) is 0 Å². The Balaban J connectivity index is 1.08. The van der Waals surface area contributed by atoms with Gasteiger partial charge in [0.2, 0.25) is 5.91 Å². The predicted octanol–water partition coefficient (Wildman–Crippen LogP) is 4.95. The van der Waals surface area contributed by atoms with Crippen LogP contribution in [0, 0.1) is 0 Å². The van der Waals surface area contributed by atoms with E-state index in [2.05, 4.69) is 75.0 Å². The number of nitrogens with one attached hydrogen (secondary N) is 2. The van der Waals surface area contributed by atoms with Crippen LogP contribution in [0.4, 0.5) is 5.69 Å². The summed E-state index contributed by atoms with van der Waals surface area (Å²) in [5, 5.41) is 11.9. The molecular formula is C31H30N4O3. The molecule has 0 unspecified atom stereocenters. The van der Waals surface area contributed by atoms with Gasteiger partial charge in [-0.25, -0.2) is 0 Å². The second kappa shape index (κ2) is 9.11. The van der Waals surface area contributed by atoms with Crippen molar-refractivity contribution < 1.29 is 14.3 Å². The number of aromatic amines is 1. The monoisotopic (exact) mass is 506 g/mol. The van der Waals surface area contributed by atoms with Crippen LogP contribution in [0.1, 0.15) is 40.3 Å². The summed E-state index contributed by atoms with van der Waals surface area (Å²) >= 11 is 0. The number of rotatable bonds is 6. The molecule has 1 saturated carbocycles. The average molecular weight is 507 g/mol. The Kier molecular flexibility index (Phi) is 5.56. The number of methoxy groups -OCH3 is 1. The highest BCUT2D eigenvalue weighted by molar-refractivity contribution is 6.10. The minimum Gasteiger partial charge on any atom is -0.497 e. The molecule has 7 nitrogen and oxygen atoms in total. The molecule has 3 aromatic carbocycles. The molecule has 2 aliphatic heterocycles. The molecule has 1 spiro atoms. The third-order valence-electron chi connectivity index (χ3n) is 8.26. The summed E-state index contributed by atoms with van der Waals surface area (Å²) in [7, 11) is 1.66. The van der Waals surface area contributed by atoms with Crippen molar-refractivity contribution in [1.29, 1.82) is 0 Å². The minimum atomic E-state index is -0.506. The van der Waals surface area contributed by atoms with Crippen LogP contribution < -0.4 is 10.1 Å². The molecule has 2 atom stereocenters. The first-order valence-electron chi connectivity index (χ1n) is 13.2. The maximum Gasteiger partial charge on any atom is 0.235 e. The second-order valence-electron chi connectivity index (χ2n) is 10.5. The molecular weight excluding hydrogens is 476 g/mol. The van der Waals surface area contributed by atoms with Crippen molar-refractivity contribution in [1.82, 2.24) is 15.1 Å². The highest BCUT2D eigenvalue weighted by Gasteiger charge is 2.65. The van der Waals surface area contributed by atoms with Crippen LogP contribution in [-0.2, 0) is 21.5 Å². The fourth-order valence-corrected chi connectivity index (χ4v) is 6.03. The summed E-state index contributed by atoms with van der Waals surface area (Å²) in [5.41, 5.74) is 6.92. The number of amides is 1. The topological polar surface area (TPSA) is 79.5 Å².